The summed E-state index contributed by atoms with van der Waals surface area (Å²) in [6.07, 6.45) is -4.20. The number of furan rings is 1. The lowest BCUT2D eigenvalue weighted by Crippen LogP contribution is -2.26. The van der Waals surface area contributed by atoms with Crippen molar-refractivity contribution in [1.82, 2.24) is 5.32 Å². The van der Waals surface area contributed by atoms with Gasteiger partial charge >= 0.3 is 12.1 Å². The maximum Gasteiger partial charge on any atom is 0.416 e. The van der Waals surface area contributed by atoms with Crippen molar-refractivity contribution in [2.24, 2.45) is 0 Å². The molecule has 1 aromatic carbocycles. The minimum absolute atomic E-state index is 0.00993. The van der Waals surface area contributed by atoms with E-state index in [1.54, 1.807) is 20.8 Å². The number of halogens is 3. The summed E-state index contributed by atoms with van der Waals surface area (Å²) in [5.41, 5.74) is -0.653. The summed E-state index contributed by atoms with van der Waals surface area (Å²) >= 11 is 0. The molecule has 28 heavy (non-hydrogen) atoms. The zero-order valence-electron chi connectivity index (χ0n) is 15.5. The first-order chi connectivity index (χ1) is 13.0. The van der Waals surface area contributed by atoms with Crippen molar-refractivity contribution in [2.75, 3.05) is 0 Å². The highest BCUT2D eigenvalue weighted by Gasteiger charge is 2.34. The molecule has 0 bridgehead atoms. The molecule has 0 fully saturated rings. The highest BCUT2D eigenvalue weighted by atomic mass is 19.4. The molecule has 0 aliphatic carbocycles. The molecule has 152 valence electrons. The van der Waals surface area contributed by atoms with Crippen LogP contribution in [0.15, 0.2) is 28.9 Å². The Hall–Kier alpha value is -2.97. The molecule has 2 rings (SSSR count). The molecule has 1 amide bonds. The van der Waals surface area contributed by atoms with Crippen LogP contribution in [0.2, 0.25) is 0 Å². The van der Waals surface area contributed by atoms with E-state index < -0.39 is 36.6 Å². The lowest BCUT2D eigenvalue weighted by molar-refractivity contribution is -0.138. The Bertz CT molecular complexity index is 871. The second kappa shape index (κ2) is 8.37. The summed E-state index contributed by atoms with van der Waals surface area (Å²) < 4.78 is 50.5. The number of hydrogen-bond donors (Lipinski definition) is 2. The molecule has 2 N–H and O–H groups in total. The molecule has 2 aromatic rings. The fourth-order valence-corrected chi connectivity index (χ4v) is 2.65. The Labute approximate surface area is 159 Å². The van der Waals surface area contributed by atoms with Crippen LogP contribution in [0.4, 0.5) is 13.2 Å². The highest BCUT2D eigenvalue weighted by molar-refractivity contribution is 5.97. The van der Waals surface area contributed by atoms with Gasteiger partial charge in [0.05, 0.1) is 23.5 Å². The van der Waals surface area contributed by atoms with Crippen molar-refractivity contribution in [2.45, 2.75) is 46.0 Å². The number of amides is 1. The Kier molecular flexibility index (Phi) is 6.37. The number of carbonyl (C=O) groups is 2. The van der Waals surface area contributed by atoms with Crippen LogP contribution in [0.25, 0.3) is 0 Å². The maximum absolute atomic E-state index is 13.4. The number of aliphatic carboxylic acids is 1. The van der Waals surface area contributed by atoms with Gasteiger partial charge in [-0.05, 0) is 38.5 Å². The van der Waals surface area contributed by atoms with Crippen molar-refractivity contribution in [1.29, 1.82) is 0 Å². The maximum atomic E-state index is 13.4. The van der Waals surface area contributed by atoms with E-state index in [4.69, 9.17) is 14.3 Å². The van der Waals surface area contributed by atoms with Gasteiger partial charge in [-0.25, -0.2) is 0 Å². The van der Waals surface area contributed by atoms with Crippen molar-refractivity contribution in [3.05, 3.63) is 52.5 Å². The molecule has 0 spiro atoms. The SMILES string of the molecule is Cc1coc(CC(=O)O)c1C(=O)NCc1ccc(OC(C)C)cc1C(F)(F)F. The van der Waals surface area contributed by atoms with E-state index >= 15 is 0 Å². The number of alkyl halides is 3. The molecular weight excluding hydrogens is 379 g/mol. The highest BCUT2D eigenvalue weighted by Crippen LogP contribution is 2.34. The number of hydrogen-bond acceptors (Lipinski definition) is 4. The van der Waals surface area contributed by atoms with Crippen LogP contribution in [0, 0.1) is 6.92 Å². The molecule has 0 unspecified atom stereocenters. The van der Waals surface area contributed by atoms with E-state index in [1.807, 2.05) is 0 Å². The number of nitrogens with one attached hydrogen (secondary N) is 1. The second-order valence-corrected chi connectivity index (χ2v) is 6.45. The quantitative estimate of drug-likeness (QED) is 0.736. The monoisotopic (exact) mass is 399 g/mol. The van der Waals surface area contributed by atoms with E-state index in [0.29, 0.717) is 5.56 Å². The first kappa shape index (κ1) is 21.3. The molecule has 0 atom stereocenters. The van der Waals surface area contributed by atoms with Crippen LogP contribution in [0.5, 0.6) is 5.75 Å². The van der Waals surface area contributed by atoms with Crippen molar-refractivity contribution >= 4 is 11.9 Å². The molecule has 0 saturated heterocycles. The van der Waals surface area contributed by atoms with Crippen molar-refractivity contribution in [3.8, 4) is 5.75 Å². The van der Waals surface area contributed by atoms with E-state index in [0.717, 1.165) is 6.07 Å². The summed E-state index contributed by atoms with van der Waals surface area (Å²) in [7, 11) is 0. The third-order valence-electron chi connectivity index (χ3n) is 3.79. The Morgan fingerprint density at radius 1 is 1.29 bits per heavy atom. The third kappa shape index (κ3) is 5.28. The number of aryl methyl sites for hydroxylation is 1. The molecule has 1 aromatic heterocycles. The summed E-state index contributed by atoms with van der Waals surface area (Å²) in [4.78, 5) is 23.3. The lowest BCUT2D eigenvalue weighted by atomic mass is 10.1. The summed E-state index contributed by atoms with van der Waals surface area (Å²) in [5, 5.41) is 11.3. The van der Waals surface area contributed by atoms with Gasteiger partial charge in [-0.1, -0.05) is 6.07 Å². The predicted molar refractivity (Wildman–Crippen MR) is 93.2 cm³/mol. The van der Waals surface area contributed by atoms with Gasteiger partial charge in [-0.3, -0.25) is 9.59 Å². The Morgan fingerprint density at radius 2 is 1.96 bits per heavy atom. The normalized spacial score (nSPS) is 11.5. The molecule has 9 heteroatoms. The van der Waals surface area contributed by atoms with Gasteiger partial charge in [-0.2, -0.15) is 13.2 Å². The van der Waals surface area contributed by atoms with Crippen LogP contribution >= 0.6 is 0 Å². The van der Waals surface area contributed by atoms with E-state index in [1.165, 1.54) is 18.4 Å². The minimum Gasteiger partial charge on any atom is -0.491 e. The van der Waals surface area contributed by atoms with Gasteiger partial charge in [0.15, 0.2) is 0 Å². The van der Waals surface area contributed by atoms with E-state index in [2.05, 4.69) is 5.32 Å². The summed E-state index contributed by atoms with van der Waals surface area (Å²) in [5.74, 6) is -1.88. The predicted octanol–water partition coefficient (Wildman–Crippen LogP) is 3.95. The number of rotatable bonds is 7. The fraction of sp³-hybridized carbons (Fsp3) is 0.368. The topological polar surface area (TPSA) is 88.8 Å². The van der Waals surface area contributed by atoms with Gasteiger partial charge in [-0.15, -0.1) is 0 Å². The van der Waals surface area contributed by atoms with Gasteiger partial charge in [0.1, 0.15) is 17.9 Å². The molecule has 0 aliphatic rings. The van der Waals surface area contributed by atoms with Gasteiger partial charge in [0, 0.05) is 12.1 Å². The van der Waals surface area contributed by atoms with Crippen molar-refractivity contribution < 1.29 is 37.0 Å². The second-order valence-electron chi connectivity index (χ2n) is 6.45. The standard InChI is InChI=1S/C19H20F3NO5/c1-10(2)28-13-5-4-12(14(6-13)19(20,21)22)8-23-18(26)17-11(3)9-27-15(17)7-16(24)25/h4-6,9-10H,7-8H2,1-3H3,(H,23,26)(H,24,25). The number of carboxylic acid groups (broad SMARTS) is 1. The van der Waals surface area contributed by atoms with E-state index in [-0.39, 0.29) is 28.7 Å². The minimum atomic E-state index is -4.63. The summed E-state index contributed by atoms with van der Waals surface area (Å²) in [6.45, 7) is 4.54. The average molecular weight is 399 g/mol. The Morgan fingerprint density at radius 3 is 2.54 bits per heavy atom. The molecule has 1 heterocycles. The number of carbonyl (C=O) groups excluding carboxylic acids is 1. The summed E-state index contributed by atoms with van der Waals surface area (Å²) in [6, 6.07) is 3.53. The van der Waals surface area contributed by atoms with Crippen molar-refractivity contribution in [3.63, 3.8) is 0 Å². The van der Waals surface area contributed by atoms with Gasteiger partial charge in [0.25, 0.3) is 5.91 Å². The molecule has 0 aliphatic heterocycles. The van der Waals surface area contributed by atoms with Crippen LogP contribution in [0.3, 0.4) is 0 Å². The molecule has 0 radical (unpaired) electrons. The third-order valence-corrected chi connectivity index (χ3v) is 3.79. The lowest BCUT2D eigenvalue weighted by Gasteiger charge is -2.17. The van der Waals surface area contributed by atoms with Crippen LogP contribution in [-0.4, -0.2) is 23.1 Å². The number of carboxylic acids is 1. The zero-order valence-corrected chi connectivity index (χ0v) is 15.5. The van der Waals surface area contributed by atoms with Crippen LogP contribution in [-0.2, 0) is 23.9 Å². The number of ether oxygens (including phenoxy) is 1. The molecule has 0 saturated carbocycles. The smallest absolute Gasteiger partial charge is 0.416 e. The van der Waals surface area contributed by atoms with Crippen LogP contribution in [0.1, 0.15) is 46.7 Å². The Balaban J connectivity index is 2.23. The number of benzene rings is 1. The van der Waals surface area contributed by atoms with Crippen LogP contribution < -0.4 is 10.1 Å². The average Bonchev–Trinajstić information content (AvgIpc) is 2.91. The largest absolute Gasteiger partial charge is 0.491 e. The van der Waals surface area contributed by atoms with Gasteiger partial charge < -0.3 is 19.6 Å². The first-order valence-electron chi connectivity index (χ1n) is 8.42. The fourth-order valence-electron chi connectivity index (χ4n) is 2.65. The molecular formula is C19H20F3NO5. The molecule has 6 nitrogen and oxygen atoms in total. The van der Waals surface area contributed by atoms with Gasteiger partial charge in [0.2, 0.25) is 0 Å². The van der Waals surface area contributed by atoms with E-state index in [9.17, 15) is 22.8 Å². The first-order valence-corrected chi connectivity index (χ1v) is 8.42. The zero-order chi connectivity index (χ0) is 21.1.